The van der Waals surface area contributed by atoms with E-state index in [-0.39, 0.29) is 124 Å². The topological polar surface area (TPSA) is 0 Å². The zero-order chi connectivity index (χ0) is 0. The fourth-order valence-corrected chi connectivity index (χ4v) is 0. The van der Waals surface area contributed by atoms with Crippen LogP contribution in [0, 0.1) is 0 Å². The van der Waals surface area contributed by atoms with E-state index in [2.05, 4.69) is 0 Å². The Labute approximate surface area is 121 Å². The SMILES string of the molecule is C.C.[Ti].[Ti].[Y].[Y]. The second-order valence-electron chi connectivity index (χ2n) is 0. The summed E-state index contributed by atoms with van der Waals surface area (Å²) < 4.78 is 0. The molecule has 0 spiro atoms. The fraction of sp³-hybridized carbons (Fsp3) is 1.00. The quantitative estimate of drug-likeness (QED) is 0.591. The van der Waals surface area contributed by atoms with E-state index >= 15 is 0 Å². The molecule has 6 heavy (non-hydrogen) atoms. The van der Waals surface area contributed by atoms with Gasteiger partial charge >= 0.3 is 0 Å². The molecule has 0 heterocycles. The molecule has 0 aromatic rings. The maximum absolute atomic E-state index is 0. The molecule has 0 atom stereocenters. The molecule has 4 heteroatoms. The average Bonchev–Trinajstić information content (AvgIpc) is 0. The van der Waals surface area contributed by atoms with Crippen LogP contribution in [0.4, 0.5) is 0 Å². The van der Waals surface area contributed by atoms with Crippen molar-refractivity contribution in [2.24, 2.45) is 0 Å². The van der Waals surface area contributed by atoms with E-state index in [0.717, 1.165) is 0 Å². The van der Waals surface area contributed by atoms with Gasteiger partial charge in [-0.05, 0) is 0 Å². The third-order valence-corrected chi connectivity index (χ3v) is 0. The summed E-state index contributed by atoms with van der Waals surface area (Å²) in [6.07, 6.45) is 0. The third kappa shape index (κ3) is 25.4. The van der Waals surface area contributed by atoms with Crippen molar-refractivity contribution >= 4 is 0 Å². The Morgan fingerprint density at radius 2 is 0.500 bits per heavy atom. The van der Waals surface area contributed by atoms with Crippen LogP contribution in [0.1, 0.15) is 14.9 Å². The second kappa shape index (κ2) is 38.1. The molecule has 0 bridgehead atoms. The van der Waals surface area contributed by atoms with Crippen LogP contribution in [0.15, 0.2) is 0 Å². The van der Waals surface area contributed by atoms with Gasteiger partial charge in [-0.15, -0.1) is 0 Å². The Morgan fingerprint density at radius 1 is 0.500 bits per heavy atom. The van der Waals surface area contributed by atoms with E-state index in [4.69, 9.17) is 0 Å². The molecule has 0 rings (SSSR count). The van der Waals surface area contributed by atoms with Gasteiger partial charge in [0.15, 0.2) is 0 Å². The zero-order valence-corrected chi connectivity index (χ0v) is 11.0. The van der Waals surface area contributed by atoms with Crippen LogP contribution in [-0.4, -0.2) is 0 Å². The Balaban J connectivity index is 0. The molecule has 0 aliphatic carbocycles. The van der Waals surface area contributed by atoms with Gasteiger partial charge in [0.25, 0.3) is 0 Å². The number of rotatable bonds is 0. The monoisotopic (exact) mass is 306 g/mol. The van der Waals surface area contributed by atoms with Crippen LogP contribution in [0.5, 0.6) is 0 Å². The number of hydrogen-bond donors (Lipinski definition) is 0. The van der Waals surface area contributed by atoms with E-state index in [1.807, 2.05) is 0 Å². The minimum Gasteiger partial charge on any atom is -0.0776 e. The molecule has 30 valence electrons. The van der Waals surface area contributed by atoms with Crippen LogP contribution < -0.4 is 0 Å². The second-order valence-corrected chi connectivity index (χ2v) is 0. The summed E-state index contributed by atoms with van der Waals surface area (Å²) in [7, 11) is 0. The van der Waals surface area contributed by atoms with Crippen molar-refractivity contribution in [3.05, 3.63) is 0 Å². The maximum atomic E-state index is 0. The molecule has 0 aliphatic heterocycles. The van der Waals surface area contributed by atoms with Crippen LogP contribution in [0.3, 0.4) is 0 Å². The van der Waals surface area contributed by atoms with Gasteiger partial charge in [-0.1, -0.05) is 14.9 Å². The molecule has 2 radical (unpaired) electrons. The molecule has 0 aromatic heterocycles. The maximum Gasteiger partial charge on any atom is 0 e. The first-order valence-electron chi connectivity index (χ1n) is 0. The van der Waals surface area contributed by atoms with E-state index in [1.54, 1.807) is 0 Å². The molecule has 0 amide bonds. The van der Waals surface area contributed by atoms with Crippen LogP contribution >= 0.6 is 0 Å². The van der Waals surface area contributed by atoms with Gasteiger partial charge < -0.3 is 0 Å². The van der Waals surface area contributed by atoms with Crippen molar-refractivity contribution in [3.8, 4) is 0 Å². The Bertz CT molecular complexity index is 9.51. The predicted octanol–water partition coefficient (Wildman–Crippen LogP) is 1.26. The van der Waals surface area contributed by atoms with Gasteiger partial charge in [-0.3, -0.25) is 0 Å². The Hall–Kier alpha value is 3.64. The molecule has 0 unspecified atom stereocenters. The van der Waals surface area contributed by atoms with Gasteiger partial charge in [-0.2, -0.15) is 0 Å². The van der Waals surface area contributed by atoms with Crippen molar-refractivity contribution in [3.63, 3.8) is 0 Å². The zero-order valence-electron chi connectivity index (χ0n) is 2.15. The summed E-state index contributed by atoms with van der Waals surface area (Å²) in [4.78, 5) is 0. The molecular weight excluding hydrogens is 298 g/mol. The first-order valence-corrected chi connectivity index (χ1v) is 0. The van der Waals surface area contributed by atoms with Gasteiger partial charge in [0.1, 0.15) is 0 Å². The van der Waals surface area contributed by atoms with E-state index in [9.17, 15) is 0 Å². The Morgan fingerprint density at radius 3 is 0.500 bits per heavy atom. The average molecular weight is 306 g/mol. The summed E-state index contributed by atoms with van der Waals surface area (Å²) in [5, 5.41) is 0. The summed E-state index contributed by atoms with van der Waals surface area (Å²) in [6, 6.07) is 0. The normalized spacial score (nSPS) is 0. The smallest absolute Gasteiger partial charge is 0 e. The van der Waals surface area contributed by atoms with E-state index < -0.39 is 0 Å². The molecule has 0 aliphatic rings. The number of hydrogen-bond acceptors (Lipinski definition) is 0. The van der Waals surface area contributed by atoms with Crippen molar-refractivity contribution in [1.82, 2.24) is 0 Å². The molecule has 0 fully saturated rings. The molecule has 0 aromatic carbocycles. The molecular formula is C2H8Ti2Y2. The van der Waals surface area contributed by atoms with Crippen LogP contribution in [-0.2, 0) is 109 Å². The standard InChI is InChI=1S/2CH4.2Ti.2Y/h2*1H4;;;;. The van der Waals surface area contributed by atoms with Gasteiger partial charge in [-0.25, -0.2) is 0 Å². The van der Waals surface area contributed by atoms with Crippen LogP contribution in [0.25, 0.3) is 0 Å². The van der Waals surface area contributed by atoms with Gasteiger partial charge in [0.2, 0.25) is 0 Å². The molecule has 0 N–H and O–H groups in total. The third-order valence-electron chi connectivity index (χ3n) is 0. The van der Waals surface area contributed by atoms with Crippen molar-refractivity contribution in [1.29, 1.82) is 0 Å². The minimum absolute atomic E-state index is 0. The summed E-state index contributed by atoms with van der Waals surface area (Å²) in [5.41, 5.74) is 0. The van der Waals surface area contributed by atoms with E-state index in [1.165, 1.54) is 0 Å². The molecule has 0 saturated carbocycles. The minimum atomic E-state index is 0. The summed E-state index contributed by atoms with van der Waals surface area (Å²) in [5.74, 6) is 0. The fourth-order valence-electron chi connectivity index (χ4n) is 0. The first kappa shape index (κ1) is 54.4. The predicted molar refractivity (Wildman–Crippen MR) is 13.5 cm³/mol. The van der Waals surface area contributed by atoms with Crippen molar-refractivity contribution < 1.29 is 109 Å². The summed E-state index contributed by atoms with van der Waals surface area (Å²) in [6.45, 7) is 0. The van der Waals surface area contributed by atoms with Crippen molar-refractivity contribution in [2.45, 2.75) is 14.9 Å². The summed E-state index contributed by atoms with van der Waals surface area (Å²) >= 11 is 0. The van der Waals surface area contributed by atoms with Gasteiger partial charge in [0.05, 0.1) is 0 Å². The first-order chi connectivity index (χ1) is 0. The molecule has 0 nitrogen and oxygen atoms in total. The molecule has 0 saturated heterocycles. The van der Waals surface area contributed by atoms with Crippen molar-refractivity contribution in [2.75, 3.05) is 0 Å². The van der Waals surface area contributed by atoms with Gasteiger partial charge in [0, 0.05) is 109 Å². The largest absolute Gasteiger partial charge is 0.0776 e. The van der Waals surface area contributed by atoms with Crippen LogP contribution in [0.2, 0.25) is 0 Å². The van der Waals surface area contributed by atoms with E-state index in [0.29, 0.717) is 0 Å². The Kier molecular flexibility index (Phi) is 345.